The highest BCUT2D eigenvalue weighted by Crippen LogP contribution is 2.45. The van der Waals surface area contributed by atoms with Crippen molar-refractivity contribution in [1.29, 1.82) is 0 Å². The Morgan fingerprint density at radius 3 is 2.47 bits per heavy atom. The van der Waals surface area contributed by atoms with Gasteiger partial charge in [-0.25, -0.2) is 9.07 Å². The van der Waals surface area contributed by atoms with Gasteiger partial charge in [0.15, 0.2) is 17.2 Å². The molecule has 1 saturated carbocycles. The minimum absolute atomic E-state index is 0.0871. The molecule has 0 radical (unpaired) electrons. The molecule has 1 fully saturated rings. The fourth-order valence-corrected chi connectivity index (χ4v) is 3.54. The average Bonchev–Trinajstić information content (AvgIpc) is 3.39. The molecule has 1 unspecified atom stereocenters. The van der Waals surface area contributed by atoms with Crippen LogP contribution in [0.2, 0.25) is 0 Å². The molecule has 1 aliphatic carbocycles. The number of nitrogens with zero attached hydrogens (tertiary/aromatic N) is 3. The van der Waals surface area contributed by atoms with E-state index in [-0.39, 0.29) is 17.1 Å². The molecule has 2 heterocycles. The van der Waals surface area contributed by atoms with Gasteiger partial charge in [0, 0.05) is 0 Å². The Kier molecular flexibility index (Phi) is 5.05. The summed E-state index contributed by atoms with van der Waals surface area (Å²) in [7, 11) is 0. The molecule has 2 aromatic heterocycles. The quantitative estimate of drug-likeness (QED) is 0.556. The summed E-state index contributed by atoms with van der Waals surface area (Å²) in [5.74, 6) is -2.67. The number of aromatic nitrogens is 4. The first-order chi connectivity index (χ1) is 14.8. The molecule has 1 aromatic carbocycles. The van der Waals surface area contributed by atoms with Crippen molar-refractivity contribution in [2.75, 3.05) is 0 Å². The monoisotopic (exact) mass is 466 g/mol. The van der Waals surface area contributed by atoms with E-state index in [1.165, 1.54) is 0 Å². The second-order valence-corrected chi connectivity index (χ2v) is 7.29. The Hall–Kier alpha value is -3.32. The number of ether oxygens (including phenoxy) is 1. The maximum atomic E-state index is 14.3. The molecule has 0 amide bonds. The highest BCUT2D eigenvalue weighted by Gasteiger charge is 2.39. The van der Waals surface area contributed by atoms with Crippen LogP contribution in [-0.2, 0) is 6.42 Å². The number of aromatic amines is 1. The molecule has 3 aromatic rings. The summed E-state index contributed by atoms with van der Waals surface area (Å²) in [6, 6.07) is 0.818. The van der Waals surface area contributed by atoms with Crippen LogP contribution in [0.5, 0.6) is 11.8 Å². The number of benzene rings is 1. The van der Waals surface area contributed by atoms with Gasteiger partial charge in [-0.2, -0.15) is 23.3 Å². The first-order valence-electron chi connectivity index (χ1n) is 9.15. The Balaban J connectivity index is 1.86. The van der Waals surface area contributed by atoms with Crippen molar-refractivity contribution in [3.05, 3.63) is 45.6 Å². The lowest BCUT2D eigenvalue weighted by Gasteiger charge is -2.19. The van der Waals surface area contributed by atoms with E-state index in [0.717, 1.165) is 22.9 Å². The third-order valence-corrected chi connectivity index (χ3v) is 4.84. The van der Waals surface area contributed by atoms with Crippen molar-refractivity contribution in [3.63, 3.8) is 0 Å². The predicted octanol–water partition coefficient (Wildman–Crippen LogP) is 3.97. The summed E-state index contributed by atoms with van der Waals surface area (Å²) < 4.78 is 95.2. The second-order valence-electron chi connectivity index (χ2n) is 7.29. The first-order valence-corrected chi connectivity index (χ1v) is 9.15. The number of alkyl halides is 6. The standard InChI is InChI=1S/C18H13F7N4O3/c19-9-5-8(3-4-11(9)32-18(23,24)25)13(7-1-2-7)29-14-12(15(30)27-16(31)26-14)10(28-29)6-17(20,21)22/h3-5,7,13H,1-2,6H2,(H2,26,27,30,31). The number of rotatable bonds is 5. The molecular weight excluding hydrogens is 453 g/mol. The van der Waals surface area contributed by atoms with Crippen LogP contribution in [-0.4, -0.2) is 37.4 Å². The van der Waals surface area contributed by atoms with Gasteiger partial charge in [0.25, 0.3) is 11.6 Å². The van der Waals surface area contributed by atoms with Gasteiger partial charge in [-0.15, -0.1) is 13.2 Å². The van der Waals surface area contributed by atoms with Crippen molar-refractivity contribution in [2.24, 2.45) is 5.92 Å². The lowest BCUT2D eigenvalue weighted by Crippen LogP contribution is -2.19. The predicted molar refractivity (Wildman–Crippen MR) is 93.5 cm³/mol. The van der Waals surface area contributed by atoms with Gasteiger partial charge in [-0.1, -0.05) is 6.07 Å². The van der Waals surface area contributed by atoms with Gasteiger partial charge in [-0.05, 0) is 36.5 Å². The highest BCUT2D eigenvalue weighted by atomic mass is 19.4. The molecule has 172 valence electrons. The normalized spacial score (nSPS) is 15.8. The summed E-state index contributed by atoms with van der Waals surface area (Å²) in [5.41, 5.74) is -1.97. The third-order valence-electron chi connectivity index (χ3n) is 4.84. The average molecular weight is 466 g/mol. The molecule has 14 heteroatoms. The van der Waals surface area contributed by atoms with Gasteiger partial charge in [0.1, 0.15) is 5.39 Å². The molecule has 7 nitrogen and oxygen atoms in total. The molecule has 0 spiro atoms. The fraction of sp³-hybridized carbons (Fsp3) is 0.389. The third kappa shape index (κ3) is 4.48. The lowest BCUT2D eigenvalue weighted by molar-refractivity contribution is -0.275. The summed E-state index contributed by atoms with van der Waals surface area (Å²) >= 11 is 0. The van der Waals surface area contributed by atoms with Crippen molar-refractivity contribution >= 4 is 11.0 Å². The van der Waals surface area contributed by atoms with Gasteiger partial charge in [-0.3, -0.25) is 9.78 Å². The topological polar surface area (TPSA) is 93.0 Å². The highest BCUT2D eigenvalue weighted by molar-refractivity contribution is 5.78. The number of H-pyrrole nitrogens is 1. The van der Waals surface area contributed by atoms with Crippen molar-refractivity contribution in [2.45, 2.75) is 37.8 Å². The summed E-state index contributed by atoms with van der Waals surface area (Å²) in [4.78, 5) is 17.8. The fourth-order valence-electron chi connectivity index (χ4n) is 3.54. The molecule has 0 aliphatic heterocycles. The Morgan fingerprint density at radius 1 is 1.22 bits per heavy atom. The van der Waals surface area contributed by atoms with Crippen molar-refractivity contribution in [3.8, 4) is 11.8 Å². The molecule has 2 N–H and O–H groups in total. The Bertz CT molecular complexity index is 1230. The van der Waals surface area contributed by atoms with Crippen LogP contribution in [0.25, 0.3) is 11.0 Å². The van der Waals surface area contributed by atoms with Gasteiger partial charge in [0.2, 0.25) is 0 Å². The van der Waals surface area contributed by atoms with E-state index < -0.39 is 59.2 Å². The molecule has 4 rings (SSSR count). The van der Waals surface area contributed by atoms with Crippen molar-refractivity contribution < 1.29 is 40.6 Å². The Labute approximate surface area is 173 Å². The molecular formula is C18H13F7N4O3. The maximum Gasteiger partial charge on any atom is 0.573 e. The number of hydrogen-bond donors (Lipinski definition) is 2. The van der Waals surface area contributed by atoms with Crippen LogP contribution in [0.4, 0.5) is 30.7 Å². The van der Waals surface area contributed by atoms with E-state index in [2.05, 4.69) is 14.8 Å². The zero-order valence-electron chi connectivity index (χ0n) is 15.8. The summed E-state index contributed by atoms with van der Waals surface area (Å²) in [6.45, 7) is 0. The number of aromatic hydroxyl groups is 1. The van der Waals surface area contributed by atoms with Crippen LogP contribution in [0.15, 0.2) is 23.0 Å². The zero-order chi connectivity index (χ0) is 23.4. The van der Waals surface area contributed by atoms with E-state index in [4.69, 9.17) is 0 Å². The van der Waals surface area contributed by atoms with Gasteiger partial charge >= 0.3 is 12.5 Å². The minimum atomic E-state index is -5.12. The SMILES string of the molecule is O=c1[nH]c(O)nc2c1c(CC(F)(F)F)nn2C(c1ccc(OC(F)(F)F)c(F)c1)C1CC1. The lowest BCUT2D eigenvalue weighted by atomic mass is 10.0. The van der Waals surface area contributed by atoms with Crippen LogP contribution in [0, 0.1) is 11.7 Å². The van der Waals surface area contributed by atoms with Crippen LogP contribution in [0.3, 0.4) is 0 Å². The zero-order valence-corrected chi connectivity index (χ0v) is 15.8. The first kappa shape index (κ1) is 21.9. The van der Waals surface area contributed by atoms with E-state index in [9.17, 15) is 40.6 Å². The molecule has 1 aliphatic rings. The summed E-state index contributed by atoms with van der Waals surface area (Å²) in [5, 5.41) is 13.1. The van der Waals surface area contributed by atoms with Crippen LogP contribution >= 0.6 is 0 Å². The van der Waals surface area contributed by atoms with E-state index >= 15 is 0 Å². The van der Waals surface area contributed by atoms with Gasteiger partial charge < -0.3 is 9.84 Å². The molecule has 32 heavy (non-hydrogen) atoms. The summed E-state index contributed by atoms with van der Waals surface area (Å²) in [6.07, 6.45) is -10.3. The Morgan fingerprint density at radius 2 is 1.91 bits per heavy atom. The van der Waals surface area contributed by atoms with Crippen LogP contribution in [0.1, 0.15) is 30.1 Å². The molecule has 0 bridgehead atoms. The van der Waals surface area contributed by atoms with Gasteiger partial charge in [0.05, 0.1) is 18.2 Å². The number of nitrogens with one attached hydrogen (secondary N) is 1. The smallest absolute Gasteiger partial charge is 0.480 e. The van der Waals surface area contributed by atoms with E-state index in [1.807, 2.05) is 4.98 Å². The maximum absolute atomic E-state index is 14.3. The largest absolute Gasteiger partial charge is 0.573 e. The number of fused-ring (bicyclic) bond motifs is 1. The van der Waals surface area contributed by atoms with E-state index in [1.54, 1.807) is 0 Å². The number of hydrogen-bond acceptors (Lipinski definition) is 5. The van der Waals surface area contributed by atoms with Crippen LogP contribution < -0.4 is 10.3 Å². The minimum Gasteiger partial charge on any atom is -0.480 e. The number of halogens is 7. The van der Waals surface area contributed by atoms with E-state index in [0.29, 0.717) is 12.8 Å². The molecule has 0 saturated heterocycles. The van der Waals surface area contributed by atoms with Crippen molar-refractivity contribution in [1.82, 2.24) is 19.7 Å². The molecule has 1 atom stereocenters. The second kappa shape index (κ2) is 7.38.